The smallest absolute Gasteiger partial charge is 0.346 e. The van der Waals surface area contributed by atoms with Crippen LogP contribution in [-0.4, -0.2) is 13.1 Å². The Morgan fingerprint density at radius 3 is 2.18 bits per heavy atom. The molecule has 1 aliphatic rings. The van der Waals surface area contributed by atoms with Crippen LogP contribution in [0.5, 0.6) is 11.5 Å². The largest absolute Gasteiger partial charge is 0.494 e. The molecular weight excluding hydrogens is 496 g/mol. The van der Waals surface area contributed by atoms with Crippen molar-refractivity contribution in [3.63, 3.8) is 0 Å². The number of ether oxygens (including phenoxy) is 2. The Labute approximate surface area is 220 Å². The second-order valence-corrected chi connectivity index (χ2v) is 9.90. The Bertz CT molecular complexity index is 1270. The molecule has 0 unspecified atom stereocenters. The predicted octanol–water partition coefficient (Wildman–Crippen LogP) is 8.99. The molecule has 0 atom stereocenters. The third-order valence-electron chi connectivity index (χ3n) is 7.48. The standard InChI is InChI=1S/C31H32F4O3/c1-3-4-5-6-19-7-9-20(10-8-19)23-15-16-24(28(33)27(23)32)21-11-13-22(14-12-21)38-31(36)25-17-18-26(37-2)30(35)29(25)34/h11-20H,3-10H2,1-2H3. The summed E-state index contributed by atoms with van der Waals surface area (Å²) in [6, 6.07) is 11.2. The quantitative estimate of drug-likeness (QED) is 0.120. The van der Waals surface area contributed by atoms with Crippen molar-refractivity contribution in [2.75, 3.05) is 7.11 Å². The minimum absolute atomic E-state index is 0.0194. The van der Waals surface area contributed by atoms with Gasteiger partial charge in [-0.3, -0.25) is 0 Å². The van der Waals surface area contributed by atoms with Crippen LogP contribution in [0, 0.1) is 29.2 Å². The van der Waals surface area contributed by atoms with E-state index in [1.165, 1.54) is 57.1 Å². The number of halogens is 4. The first-order valence-corrected chi connectivity index (χ1v) is 13.2. The van der Waals surface area contributed by atoms with Crippen LogP contribution in [-0.2, 0) is 0 Å². The highest BCUT2D eigenvalue weighted by atomic mass is 19.2. The minimum atomic E-state index is -1.38. The predicted molar refractivity (Wildman–Crippen MR) is 139 cm³/mol. The molecule has 0 spiro atoms. The summed E-state index contributed by atoms with van der Waals surface area (Å²) >= 11 is 0. The van der Waals surface area contributed by atoms with Crippen molar-refractivity contribution >= 4 is 5.97 Å². The van der Waals surface area contributed by atoms with Gasteiger partial charge in [0, 0.05) is 5.56 Å². The molecule has 0 heterocycles. The molecule has 4 rings (SSSR count). The van der Waals surface area contributed by atoms with Crippen molar-refractivity contribution < 1.29 is 31.8 Å². The van der Waals surface area contributed by atoms with Gasteiger partial charge in [0.1, 0.15) is 5.75 Å². The molecule has 0 amide bonds. The molecule has 1 fully saturated rings. The lowest BCUT2D eigenvalue weighted by molar-refractivity contribution is 0.0728. The zero-order valence-corrected chi connectivity index (χ0v) is 21.7. The summed E-state index contributed by atoms with van der Waals surface area (Å²) < 4.78 is 68.2. The van der Waals surface area contributed by atoms with Gasteiger partial charge in [0.15, 0.2) is 23.2 Å². The van der Waals surface area contributed by atoms with Crippen molar-refractivity contribution in [1.82, 2.24) is 0 Å². The normalized spacial score (nSPS) is 17.3. The Morgan fingerprint density at radius 2 is 1.53 bits per heavy atom. The number of benzene rings is 3. The molecule has 7 heteroatoms. The van der Waals surface area contributed by atoms with E-state index < -0.39 is 34.8 Å². The van der Waals surface area contributed by atoms with E-state index in [0.717, 1.165) is 37.8 Å². The molecule has 0 N–H and O–H groups in total. The maximum atomic E-state index is 15.1. The molecule has 0 aliphatic heterocycles. The second kappa shape index (κ2) is 12.5. The monoisotopic (exact) mass is 528 g/mol. The highest BCUT2D eigenvalue weighted by Crippen LogP contribution is 2.40. The molecule has 3 nitrogen and oxygen atoms in total. The number of carbonyl (C=O) groups is 1. The van der Waals surface area contributed by atoms with E-state index in [4.69, 9.17) is 4.74 Å². The summed E-state index contributed by atoms with van der Waals surface area (Å²) in [7, 11) is 1.18. The van der Waals surface area contributed by atoms with Crippen LogP contribution < -0.4 is 9.47 Å². The van der Waals surface area contributed by atoms with Gasteiger partial charge < -0.3 is 9.47 Å². The summed E-state index contributed by atoms with van der Waals surface area (Å²) in [6.45, 7) is 2.19. The third-order valence-corrected chi connectivity index (χ3v) is 7.48. The van der Waals surface area contributed by atoms with Crippen molar-refractivity contribution in [3.8, 4) is 22.6 Å². The highest BCUT2D eigenvalue weighted by Gasteiger charge is 2.26. The fraction of sp³-hybridized carbons (Fsp3) is 0.387. The Kier molecular flexibility index (Phi) is 9.08. The lowest BCUT2D eigenvalue weighted by Crippen LogP contribution is -2.15. The van der Waals surface area contributed by atoms with E-state index in [1.54, 1.807) is 12.1 Å². The van der Waals surface area contributed by atoms with Crippen LogP contribution in [0.3, 0.4) is 0 Å². The van der Waals surface area contributed by atoms with Gasteiger partial charge in [0.05, 0.1) is 12.7 Å². The Morgan fingerprint density at radius 1 is 0.816 bits per heavy atom. The van der Waals surface area contributed by atoms with Gasteiger partial charge in [-0.05, 0) is 72.9 Å². The number of methoxy groups -OCH3 is 1. The third kappa shape index (κ3) is 6.03. The zero-order valence-electron chi connectivity index (χ0n) is 21.7. The van der Waals surface area contributed by atoms with Gasteiger partial charge in [0.2, 0.25) is 5.82 Å². The summed E-state index contributed by atoms with van der Waals surface area (Å²) in [6.07, 6.45) is 8.72. The maximum Gasteiger partial charge on any atom is 0.346 e. The fourth-order valence-corrected chi connectivity index (χ4v) is 5.26. The van der Waals surface area contributed by atoms with Crippen LogP contribution in [0.1, 0.15) is 80.1 Å². The molecule has 0 radical (unpaired) electrons. The number of hydrogen-bond donors (Lipinski definition) is 0. The van der Waals surface area contributed by atoms with E-state index in [1.807, 2.05) is 0 Å². The van der Waals surface area contributed by atoms with Crippen molar-refractivity contribution in [2.24, 2.45) is 5.92 Å². The van der Waals surface area contributed by atoms with Gasteiger partial charge in [0.25, 0.3) is 0 Å². The molecule has 3 aromatic rings. The van der Waals surface area contributed by atoms with E-state index >= 15 is 8.78 Å². The van der Waals surface area contributed by atoms with Gasteiger partial charge in [-0.2, -0.15) is 4.39 Å². The second-order valence-electron chi connectivity index (χ2n) is 9.90. The molecule has 38 heavy (non-hydrogen) atoms. The summed E-state index contributed by atoms with van der Waals surface area (Å²) in [5.74, 6) is -5.09. The average molecular weight is 529 g/mol. The van der Waals surface area contributed by atoms with E-state index in [0.29, 0.717) is 17.0 Å². The first kappa shape index (κ1) is 27.7. The minimum Gasteiger partial charge on any atom is -0.494 e. The topological polar surface area (TPSA) is 35.5 Å². The molecule has 0 aromatic heterocycles. The number of carbonyl (C=O) groups excluding carboxylic acids is 1. The SMILES string of the molecule is CCCCCC1CCC(c2ccc(-c3ccc(OC(=O)c4ccc(OC)c(F)c4F)cc3)c(F)c2F)CC1. The van der Waals surface area contributed by atoms with E-state index in [2.05, 4.69) is 11.7 Å². The molecule has 1 saturated carbocycles. The van der Waals surface area contributed by atoms with E-state index in [9.17, 15) is 13.6 Å². The summed E-state index contributed by atoms with van der Waals surface area (Å²) in [5, 5.41) is 0. The number of unbranched alkanes of at least 4 members (excludes halogenated alkanes) is 2. The van der Waals surface area contributed by atoms with Crippen molar-refractivity contribution in [1.29, 1.82) is 0 Å². The van der Waals surface area contributed by atoms with Crippen LogP contribution in [0.4, 0.5) is 17.6 Å². The van der Waals surface area contributed by atoms with Crippen molar-refractivity contribution in [2.45, 2.75) is 64.2 Å². The highest BCUT2D eigenvalue weighted by molar-refractivity contribution is 5.91. The fourth-order valence-electron chi connectivity index (χ4n) is 5.26. The maximum absolute atomic E-state index is 15.1. The molecular formula is C31H32F4O3. The zero-order chi connectivity index (χ0) is 27.2. The van der Waals surface area contributed by atoms with Crippen LogP contribution in [0.2, 0.25) is 0 Å². The van der Waals surface area contributed by atoms with E-state index in [-0.39, 0.29) is 23.0 Å². The first-order valence-electron chi connectivity index (χ1n) is 13.2. The number of hydrogen-bond acceptors (Lipinski definition) is 3. The summed E-state index contributed by atoms with van der Waals surface area (Å²) in [5.41, 5.74) is 0.332. The molecule has 3 aromatic carbocycles. The van der Waals surface area contributed by atoms with Crippen molar-refractivity contribution in [3.05, 3.63) is 82.9 Å². The lowest BCUT2D eigenvalue weighted by Gasteiger charge is -2.29. The van der Waals surface area contributed by atoms with Gasteiger partial charge in [-0.1, -0.05) is 56.9 Å². The van der Waals surface area contributed by atoms with Gasteiger partial charge >= 0.3 is 5.97 Å². The number of rotatable bonds is 9. The van der Waals surface area contributed by atoms with Gasteiger partial charge in [-0.15, -0.1) is 0 Å². The van der Waals surface area contributed by atoms with Crippen LogP contribution in [0.15, 0.2) is 48.5 Å². The molecule has 202 valence electrons. The molecule has 1 aliphatic carbocycles. The first-order chi connectivity index (χ1) is 18.3. The Hall–Kier alpha value is -3.35. The van der Waals surface area contributed by atoms with Crippen LogP contribution >= 0.6 is 0 Å². The average Bonchev–Trinajstić information content (AvgIpc) is 2.93. The summed E-state index contributed by atoms with van der Waals surface area (Å²) in [4.78, 5) is 12.3. The number of esters is 1. The molecule has 0 bridgehead atoms. The molecule has 0 saturated heterocycles. The van der Waals surface area contributed by atoms with Crippen LogP contribution in [0.25, 0.3) is 11.1 Å². The lowest BCUT2D eigenvalue weighted by atomic mass is 9.76. The van der Waals surface area contributed by atoms with Gasteiger partial charge in [-0.25, -0.2) is 18.0 Å². The Balaban J connectivity index is 1.43.